The third kappa shape index (κ3) is 3.29. The highest BCUT2D eigenvalue weighted by atomic mass is 16.1. The van der Waals surface area contributed by atoms with Crippen LogP contribution in [0.2, 0.25) is 0 Å². The summed E-state index contributed by atoms with van der Waals surface area (Å²) in [6, 6.07) is 6.31. The van der Waals surface area contributed by atoms with Gasteiger partial charge >= 0.3 is 0 Å². The van der Waals surface area contributed by atoms with Crippen LogP contribution in [0.5, 0.6) is 0 Å². The lowest BCUT2D eigenvalue weighted by Gasteiger charge is -2.21. The van der Waals surface area contributed by atoms with E-state index < -0.39 is 0 Å². The standard InChI is InChI=1S/C18H24N4O/c1-12-6-7-13(2)17(9-12)22-14(3)16(11-20-22)21-18(23)15-5-4-8-19-10-15/h6-7,9,11,15,19H,4-5,8,10H2,1-3H3,(H,21,23). The Labute approximate surface area is 137 Å². The number of aromatic nitrogens is 2. The zero-order valence-corrected chi connectivity index (χ0v) is 14.0. The number of aryl methyl sites for hydroxylation is 2. The van der Waals surface area contributed by atoms with Gasteiger partial charge in [0, 0.05) is 6.54 Å². The van der Waals surface area contributed by atoms with E-state index in [4.69, 9.17) is 0 Å². The number of carbonyl (C=O) groups excluding carboxylic acids is 1. The lowest BCUT2D eigenvalue weighted by Crippen LogP contribution is -2.37. The van der Waals surface area contributed by atoms with Crippen LogP contribution in [-0.2, 0) is 4.79 Å². The number of piperidine rings is 1. The van der Waals surface area contributed by atoms with Crippen LogP contribution in [0.1, 0.15) is 29.7 Å². The molecule has 0 saturated carbocycles. The second-order valence-electron chi connectivity index (χ2n) is 6.38. The van der Waals surface area contributed by atoms with Crippen LogP contribution >= 0.6 is 0 Å². The van der Waals surface area contributed by atoms with E-state index in [-0.39, 0.29) is 11.8 Å². The number of carbonyl (C=O) groups is 1. The van der Waals surface area contributed by atoms with E-state index in [0.29, 0.717) is 0 Å². The Bertz CT molecular complexity index is 714. The minimum Gasteiger partial charge on any atom is -0.323 e. The summed E-state index contributed by atoms with van der Waals surface area (Å²) < 4.78 is 1.90. The quantitative estimate of drug-likeness (QED) is 0.916. The van der Waals surface area contributed by atoms with Crippen molar-refractivity contribution in [2.45, 2.75) is 33.6 Å². The van der Waals surface area contributed by atoms with Crippen molar-refractivity contribution in [3.8, 4) is 5.69 Å². The highest BCUT2D eigenvalue weighted by molar-refractivity contribution is 5.93. The molecule has 0 aliphatic carbocycles. The van der Waals surface area contributed by atoms with Gasteiger partial charge in [-0.2, -0.15) is 5.10 Å². The maximum Gasteiger partial charge on any atom is 0.228 e. The molecule has 0 bridgehead atoms. The molecule has 1 aliphatic heterocycles. The van der Waals surface area contributed by atoms with Crippen LogP contribution < -0.4 is 10.6 Å². The SMILES string of the molecule is Cc1ccc(C)c(-n2ncc(NC(=O)C3CCCNC3)c2C)c1. The van der Waals surface area contributed by atoms with E-state index in [9.17, 15) is 4.79 Å². The first kappa shape index (κ1) is 15.7. The highest BCUT2D eigenvalue weighted by Crippen LogP contribution is 2.23. The first-order valence-corrected chi connectivity index (χ1v) is 8.20. The maximum atomic E-state index is 12.4. The van der Waals surface area contributed by atoms with Crippen molar-refractivity contribution in [1.29, 1.82) is 0 Å². The molecule has 5 heteroatoms. The van der Waals surface area contributed by atoms with Gasteiger partial charge in [-0.05, 0) is 57.4 Å². The Hall–Kier alpha value is -2.14. The Morgan fingerprint density at radius 3 is 2.91 bits per heavy atom. The van der Waals surface area contributed by atoms with Gasteiger partial charge < -0.3 is 10.6 Å². The van der Waals surface area contributed by atoms with Crippen molar-refractivity contribution in [1.82, 2.24) is 15.1 Å². The molecule has 1 aromatic carbocycles. The molecular weight excluding hydrogens is 288 g/mol. The smallest absolute Gasteiger partial charge is 0.228 e. The first-order valence-electron chi connectivity index (χ1n) is 8.20. The molecule has 3 rings (SSSR count). The molecule has 1 amide bonds. The van der Waals surface area contributed by atoms with Crippen molar-refractivity contribution < 1.29 is 4.79 Å². The summed E-state index contributed by atoms with van der Waals surface area (Å²) in [5.41, 5.74) is 5.16. The van der Waals surface area contributed by atoms with Crippen molar-refractivity contribution in [2.75, 3.05) is 18.4 Å². The molecule has 1 unspecified atom stereocenters. The second-order valence-corrected chi connectivity index (χ2v) is 6.38. The summed E-state index contributed by atoms with van der Waals surface area (Å²) in [4.78, 5) is 12.4. The number of rotatable bonds is 3. The molecule has 0 radical (unpaired) electrons. The normalized spacial score (nSPS) is 18.0. The number of benzene rings is 1. The molecule has 122 valence electrons. The summed E-state index contributed by atoms with van der Waals surface area (Å²) >= 11 is 0. The van der Waals surface area contributed by atoms with Crippen molar-refractivity contribution in [2.24, 2.45) is 5.92 Å². The molecule has 1 fully saturated rings. The van der Waals surface area contributed by atoms with Crippen molar-refractivity contribution in [3.63, 3.8) is 0 Å². The largest absolute Gasteiger partial charge is 0.323 e. The summed E-state index contributed by atoms with van der Waals surface area (Å²) in [6.07, 6.45) is 3.74. The monoisotopic (exact) mass is 312 g/mol. The van der Waals surface area contributed by atoms with Crippen LogP contribution in [0.25, 0.3) is 5.69 Å². The summed E-state index contributed by atoms with van der Waals surface area (Å²) in [7, 11) is 0. The number of nitrogens with zero attached hydrogens (tertiary/aromatic N) is 2. The van der Waals surface area contributed by atoms with E-state index in [2.05, 4.69) is 47.8 Å². The molecule has 2 aromatic rings. The predicted molar refractivity (Wildman–Crippen MR) is 92.0 cm³/mol. The van der Waals surface area contributed by atoms with E-state index in [1.807, 2.05) is 11.6 Å². The van der Waals surface area contributed by atoms with Crippen LogP contribution in [0.15, 0.2) is 24.4 Å². The van der Waals surface area contributed by atoms with Gasteiger partial charge in [0.05, 0.1) is 29.2 Å². The Morgan fingerprint density at radius 2 is 2.17 bits per heavy atom. The minimum atomic E-state index is 0.0483. The van der Waals surface area contributed by atoms with Crippen molar-refractivity contribution >= 4 is 11.6 Å². The van der Waals surface area contributed by atoms with E-state index in [1.54, 1.807) is 6.20 Å². The zero-order chi connectivity index (χ0) is 16.4. The van der Waals surface area contributed by atoms with Gasteiger partial charge in [-0.1, -0.05) is 12.1 Å². The third-order valence-corrected chi connectivity index (χ3v) is 4.53. The lowest BCUT2D eigenvalue weighted by atomic mass is 9.99. The number of hydrogen-bond acceptors (Lipinski definition) is 3. The maximum absolute atomic E-state index is 12.4. The topological polar surface area (TPSA) is 59.0 Å². The fraction of sp³-hybridized carbons (Fsp3) is 0.444. The number of anilines is 1. The Kier molecular flexibility index (Phi) is 4.48. The van der Waals surface area contributed by atoms with E-state index in [0.717, 1.165) is 48.6 Å². The summed E-state index contributed by atoms with van der Waals surface area (Å²) in [6.45, 7) is 7.90. The minimum absolute atomic E-state index is 0.0483. The van der Waals surface area contributed by atoms with Gasteiger partial charge in [-0.15, -0.1) is 0 Å². The Morgan fingerprint density at radius 1 is 1.35 bits per heavy atom. The molecule has 1 aromatic heterocycles. The number of amides is 1. The van der Waals surface area contributed by atoms with Crippen molar-refractivity contribution in [3.05, 3.63) is 41.2 Å². The molecule has 2 heterocycles. The van der Waals surface area contributed by atoms with Crippen LogP contribution in [-0.4, -0.2) is 28.8 Å². The Balaban J connectivity index is 1.81. The molecule has 1 aliphatic rings. The summed E-state index contributed by atoms with van der Waals surface area (Å²) in [5.74, 6) is 0.132. The third-order valence-electron chi connectivity index (χ3n) is 4.53. The van der Waals surface area contributed by atoms with Gasteiger partial charge in [0.15, 0.2) is 0 Å². The highest BCUT2D eigenvalue weighted by Gasteiger charge is 2.22. The predicted octanol–water partition coefficient (Wildman–Crippen LogP) is 2.74. The molecule has 2 N–H and O–H groups in total. The van der Waals surface area contributed by atoms with Crippen LogP contribution in [0, 0.1) is 26.7 Å². The zero-order valence-electron chi connectivity index (χ0n) is 14.0. The number of nitrogens with one attached hydrogen (secondary N) is 2. The number of hydrogen-bond donors (Lipinski definition) is 2. The second kappa shape index (κ2) is 6.54. The van der Waals surface area contributed by atoms with Gasteiger partial charge in [0.1, 0.15) is 0 Å². The average molecular weight is 312 g/mol. The molecule has 1 saturated heterocycles. The van der Waals surface area contributed by atoms with E-state index >= 15 is 0 Å². The van der Waals surface area contributed by atoms with Crippen LogP contribution in [0.3, 0.4) is 0 Å². The molecule has 1 atom stereocenters. The molecule has 5 nitrogen and oxygen atoms in total. The molecular formula is C18H24N4O. The van der Waals surface area contributed by atoms with Gasteiger partial charge in [-0.25, -0.2) is 4.68 Å². The fourth-order valence-corrected chi connectivity index (χ4v) is 3.03. The van der Waals surface area contributed by atoms with Gasteiger partial charge in [-0.3, -0.25) is 4.79 Å². The van der Waals surface area contributed by atoms with E-state index in [1.165, 1.54) is 5.56 Å². The molecule has 23 heavy (non-hydrogen) atoms. The van der Waals surface area contributed by atoms with Gasteiger partial charge in [0.2, 0.25) is 5.91 Å². The first-order chi connectivity index (χ1) is 11.1. The molecule has 0 spiro atoms. The summed E-state index contributed by atoms with van der Waals surface area (Å²) in [5, 5.41) is 10.8. The van der Waals surface area contributed by atoms with Crippen LogP contribution in [0.4, 0.5) is 5.69 Å². The van der Waals surface area contributed by atoms with Gasteiger partial charge in [0.25, 0.3) is 0 Å². The fourth-order valence-electron chi connectivity index (χ4n) is 3.03. The lowest BCUT2D eigenvalue weighted by molar-refractivity contribution is -0.120. The average Bonchev–Trinajstić information content (AvgIpc) is 2.91.